The second kappa shape index (κ2) is 7.28. The topological polar surface area (TPSA) is 60.4 Å². The smallest absolute Gasteiger partial charge is 0.550 e. The Bertz CT molecular complexity index is 114. The van der Waals surface area contributed by atoms with Crippen LogP contribution in [0.15, 0.2) is 12.7 Å². The first kappa shape index (κ1) is 12.8. The van der Waals surface area contributed by atoms with Gasteiger partial charge in [-0.1, -0.05) is 6.08 Å². The molecule has 1 N–H and O–H groups in total. The van der Waals surface area contributed by atoms with Crippen molar-refractivity contribution in [2.24, 2.45) is 0 Å². The van der Waals surface area contributed by atoms with E-state index in [1.807, 2.05) is 0 Å². The summed E-state index contributed by atoms with van der Waals surface area (Å²) in [6.07, 6.45) is 0.644. The number of carboxylic acid groups (broad SMARTS) is 1. The Morgan fingerprint density at radius 3 is 2.60 bits per heavy atom. The number of hydrogen-bond donors (Lipinski definition) is 1. The van der Waals surface area contributed by atoms with Gasteiger partial charge < -0.3 is 15.0 Å². The Kier molecular flexibility index (Phi) is 9.33. The molecule has 0 aromatic rings. The van der Waals surface area contributed by atoms with E-state index in [-0.39, 0.29) is 42.4 Å². The molecule has 0 aromatic carbocycles. The predicted molar refractivity (Wildman–Crippen MR) is 30.4 cm³/mol. The average Bonchev–Trinajstić information content (AvgIpc) is 1.83. The van der Waals surface area contributed by atoms with E-state index in [1.165, 1.54) is 6.08 Å². The van der Waals surface area contributed by atoms with Gasteiger partial charge in [0.15, 0.2) is 0 Å². The molecule has 0 heterocycles. The molecule has 0 aliphatic heterocycles. The Balaban J connectivity index is 0. The molecule has 0 saturated carbocycles. The van der Waals surface area contributed by atoms with Gasteiger partial charge in [-0.15, -0.1) is 6.58 Å². The SMILES string of the molecule is C=CC(O)CCC(=O)[O-].[Na+]. The summed E-state index contributed by atoms with van der Waals surface area (Å²) in [7, 11) is 0. The van der Waals surface area contributed by atoms with Crippen LogP contribution in [0.3, 0.4) is 0 Å². The Morgan fingerprint density at radius 2 is 2.30 bits per heavy atom. The molecule has 0 radical (unpaired) electrons. The van der Waals surface area contributed by atoms with Gasteiger partial charge >= 0.3 is 29.6 Å². The second-order valence-electron chi connectivity index (χ2n) is 1.71. The standard InChI is InChI=1S/C6H10O3.Na/c1-2-5(7)3-4-6(8)9;/h2,5,7H,1,3-4H2,(H,8,9);/q;+1/p-1. The van der Waals surface area contributed by atoms with E-state index in [4.69, 9.17) is 5.11 Å². The number of carboxylic acids is 1. The molecule has 0 rings (SSSR count). The van der Waals surface area contributed by atoms with E-state index in [2.05, 4.69) is 6.58 Å². The normalized spacial score (nSPS) is 11.3. The third kappa shape index (κ3) is 8.17. The van der Waals surface area contributed by atoms with Gasteiger partial charge in [0.05, 0.1) is 6.10 Å². The first-order valence-corrected chi connectivity index (χ1v) is 2.67. The van der Waals surface area contributed by atoms with Crippen LogP contribution in [0.4, 0.5) is 0 Å². The summed E-state index contributed by atoms with van der Waals surface area (Å²) in [5, 5.41) is 18.5. The minimum absolute atomic E-state index is 0. The van der Waals surface area contributed by atoms with Gasteiger partial charge in [-0.3, -0.25) is 0 Å². The molecule has 0 aromatic heterocycles. The zero-order valence-corrected chi connectivity index (χ0v) is 8.04. The summed E-state index contributed by atoms with van der Waals surface area (Å²) >= 11 is 0. The van der Waals surface area contributed by atoms with Crippen molar-refractivity contribution in [3.8, 4) is 0 Å². The summed E-state index contributed by atoms with van der Waals surface area (Å²) in [6.45, 7) is 3.28. The van der Waals surface area contributed by atoms with Crippen molar-refractivity contribution in [1.29, 1.82) is 0 Å². The number of aliphatic hydroxyl groups is 1. The Hall–Kier alpha value is 0.170. The van der Waals surface area contributed by atoms with Crippen molar-refractivity contribution in [2.75, 3.05) is 0 Å². The fourth-order valence-electron chi connectivity index (χ4n) is 0.384. The molecular formula is C6H9NaO3. The van der Waals surface area contributed by atoms with Gasteiger partial charge in [-0.25, -0.2) is 0 Å². The van der Waals surface area contributed by atoms with Crippen LogP contribution >= 0.6 is 0 Å². The number of carbonyl (C=O) groups excluding carboxylic acids is 1. The quantitative estimate of drug-likeness (QED) is 0.330. The molecule has 0 aliphatic carbocycles. The molecule has 1 unspecified atom stereocenters. The minimum Gasteiger partial charge on any atom is -0.550 e. The molecule has 52 valence electrons. The van der Waals surface area contributed by atoms with Crippen LogP contribution in [-0.4, -0.2) is 17.2 Å². The van der Waals surface area contributed by atoms with E-state index < -0.39 is 12.1 Å². The minimum atomic E-state index is -1.14. The van der Waals surface area contributed by atoms with E-state index in [1.54, 1.807) is 0 Å². The summed E-state index contributed by atoms with van der Waals surface area (Å²) in [5.41, 5.74) is 0. The molecular weight excluding hydrogens is 143 g/mol. The number of hydrogen-bond acceptors (Lipinski definition) is 3. The van der Waals surface area contributed by atoms with Gasteiger partial charge in [0.2, 0.25) is 0 Å². The molecule has 0 bridgehead atoms. The fraction of sp³-hybridized carbons (Fsp3) is 0.500. The molecule has 1 atom stereocenters. The fourth-order valence-corrected chi connectivity index (χ4v) is 0.384. The van der Waals surface area contributed by atoms with Crippen LogP contribution < -0.4 is 34.7 Å². The van der Waals surface area contributed by atoms with Gasteiger partial charge in [0, 0.05) is 5.97 Å². The molecule has 10 heavy (non-hydrogen) atoms. The van der Waals surface area contributed by atoms with Gasteiger partial charge in [0.25, 0.3) is 0 Å². The molecule has 4 heteroatoms. The maximum absolute atomic E-state index is 9.76. The first-order valence-electron chi connectivity index (χ1n) is 2.67. The van der Waals surface area contributed by atoms with Crippen LogP contribution in [0, 0.1) is 0 Å². The van der Waals surface area contributed by atoms with Crippen molar-refractivity contribution in [3.05, 3.63) is 12.7 Å². The monoisotopic (exact) mass is 152 g/mol. The third-order valence-corrected chi connectivity index (χ3v) is 0.916. The van der Waals surface area contributed by atoms with Gasteiger partial charge in [0.1, 0.15) is 0 Å². The number of carbonyl (C=O) groups is 1. The van der Waals surface area contributed by atoms with Crippen LogP contribution in [0.1, 0.15) is 12.8 Å². The van der Waals surface area contributed by atoms with E-state index >= 15 is 0 Å². The van der Waals surface area contributed by atoms with E-state index in [0.717, 1.165) is 0 Å². The molecule has 0 amide bonds. The maximum Gasteiger partial charge on any atom is 1.00 e. The summed E-state index contributed by atoms with van der Waals surface area (Å²) in [4.78, 5) is 9.76. The van der Waals surface area contributed by atoms with Crippen molar-refractivity contribution >= 4 is 5.97 Å². The molecule has 0 spiro atoms. The largest absolute Gasteiger partial charge is 1.00 e. The molecule has 0 saturated heterocycles. The zero-order valence-electron chi connectivity index (χ0n) is 6.04. The second-order valence-corrected chi connectivity index (χ2v) is 1.71. The Morgan fingerprint density at radius 1 is 1.80 bits per heavy atom. The van der Waals surface area contributed by atoms with Crippen LogP contribution in [0.25, 0.3) is 0 Å². The molecule has 0 aliphatic rings. The van der Waals surface area contributed by atoms with Crippen molar-refractivity contribution < 1.29 is 44.6 Å². The van der Waals surface area contributed by atoms with Gasteiger partial charge in [-0.2, -0.15) is 0 Å². The zero-order chi connectivity index (χ0) is 7.28. The Labute approximate surface area is 82.0 Å². The summed E-state index contributed by atoms with van der Waals surface area (Å²) in [6, 6.07) is 0. The van der Waals surface area contributed by atoms with E-state index in [0.29, 0.717) is 0 Å². The predicted octanol–water partition coefficient (Wildman–Crippen LogP) is -3.93. The summed E-state index contributed by atoms with van der Waals surface area (Å²) in [5.74, 6) is -1.14. The first-order chi connectivity index (χ1) is 4.16. The maximum atomic E-state index is 9.76. The third-order valence-electron chi connectivity index (χ3n) is 0.916. The number of aliphatic hydroxyl groups excluding tert-OH is 1. The molecule has 3 nitrogen and oxygen atoms in total. The number of aliphatic carboxylic acids is 1. The van der Waals surface area contributed by atoms with Crippen molar-refractivity contribution in [1.82, 2.24) is 0 Å². The van der Waals surface area contributed by atoms with Crippen LogP contribution in [-0.2, 0) is 4.79 Å². The summed E-state index contributed by atoms with van der Waals surface area (Å²) < 4.78 is 0. The van der Waals surface area contributed by atoms with Crippen molar-refractivity contribution in [2.45, 2.75) is 18.9 Å². The van der Waals surface area contributed by atoms with Crippen LogP contribution in [0.2, 0.25) is 0 Å². The van der Waals surface area contributed by atoms with Gasteiger partial charge in [-0.05, 0) is 12.8 Å². The average molecular weight is 152 g/mol. The van der Waals surface area contributed by atoms with E-state index in [9.17, 15) is 9.90 Å². The van der Waals surface area contributed by atoms with Crippen molar-refractivity contribution in [3.63, 3.8) is 0 Å². The number of rotatable bonds is 4. The molecule has 0 fully saturated rings. The van der Waals surface area contributed by atoms with Crippen LogP contribution in [0.5, 0.6) is 0 Å².